The summed E-state index contributed by atoms with van der Waals surface area (Å²) in [6, 6.07) is 10.8. The molecule has 0 radical (unpaired) electrons. The highest BCUT2D eigenvalue weighted by Crippen LogP contribution is 2.20. The maximum Gasteiger partial charge on any atom is 0.420 e. The third kappa shape index (κ3) is 3.53. The van der Waals surface area contributed by atoms with Gasteiger partial charge in [-0.2, -0.15) is 0 Å². The first-order valence-corrected chi connectivity index (χ1v) is 7.61. The predicted molar refractivity (Wildman–Crippen MR) is 90.4 cm³/mol. The van der Waals surface area contributed by atoms with Crippen molar-refractivity contribution in [3.63, 3.8) is 0 Å². The van der Waals surface area contributed by atoms with Crippen LogP contribution in [0.5, 0.6) is 0 Å². The van der Waals surface area contributed by atoms with Gasteiger partial charge in [-0.25, -0.2) is 4.79 Å². The Balaban J connectivity index is 1.77. The molecule has 0 atom stereocenters. The van der Waals surface area contributed by atoms with Crippen LogP contribution in [-0.4, -0.2) is 15.4 Å². The number of halogens is 1. The summed E-state index contributed by atoms with van der Waals surface area (Å²) in [5.41, 5.74) is 0.913. The van der Waals surface area contributed by atoms with Crippen molar-refractivity contribution in [3.8, 4) is 0 Å². The molecule has 1 N–H and O–H groups in total. The van der Waals surface area contributed by atoms with Gasteiger partial charge in [0.1, 0.15) is 6.54 Å². The molecule has 3 rings (SSSR count). The van der Waals surface area contributed by atoms with Gasteiger partial charge in [0.05, 0.1) is 16.5 Å². The van der Waals surface area contributed by atoms with E-state index in [0.29, 0.717) is 10.5 Å². The van der Waals surface area contributed by atoms with E-state index in [-0.39, 0.29) is 24.4 Å². The summed E-state index contributed by atoms with van der Waals surface area (Å²) in [6.07, 6.45) is 0. The van der Waals surface area contributed by atoms with Crippen molar-refractivity contribution >= 4 is 34.3 Å². The van der Waals surface area contributed by atoms with Gasteiger partial charge in [0.25, 0.3) is 5.69 Å². The van der Waals surface area contributed by atoms with E-state index >= 15 is 0 Å². The molecule has 8 nitrogen and oxygen atoms in total. The van der Waals surface area contributed by atoms with Gasteiger partial charge < -0.3 is 9.73 Å². The fraction of sp³-hybridized carbons (Fsp3) is 0.125. The highest BCUT2D eigenvalue weighted by molar-refractivity contribution is 6.31. The summed E-state index contributed by atoms with van der Waals surface area (Å²) in [5.74, 6) is -1.17. The lowest BCUT2D eigenvalue weighted by atomic mass is 10.2. The summed E-state index contributed by atoms with van der Waals surface area (Å²) in [6.45, 7) is -0.0530. The zero-order valence-electron chi connectivity index (χ0n) is 12.8. The molecule has 1 heterocycles. The second-order valence-corrected chi connectivity index (χ2v) is 5.64. The molecule has 25 heavy (non-hydrogen) atoms. The summed E-state index contributed by atoms with van der Waals surface area (Å²) in [7, 11) is 0. The number of nitro groups is 1. The van der Waals surface area contributed by atoms with Crippen molar-refractivity contribution in [1.29, 1.82) is 0 Å². The molecule has 0 fully saturated rings. The van der Waals surface area contributed by atoms with E-state index in [1.165, 1.54) is 12.1 Å². The van der Waals surface area contributed by atoms with Crippen LogP contribution >= 0.6 is 11.6 Å². The predicted octanol–water partition coefficient (Wildman–Crippen LogP) is 2.47. The van der Waals surface area contributed by atoms with E-state index in [4.69, 9.17) is 16.0 Å². The van der Waals surface area contributed by atoms with Crippen LogP contribution in [0.2, 0.25) is 5.02 Å². The molecule has 0 aliphatic carbocycles. The topological polar surface area (TPSA) is 107 Å². The first kappa shape index (κ1) is 16.7. The quantitative estimate of drug-likeness (QED) is 0.554. The molecule has 0 spiro atoms. The van der Waals surface area contributed by atoms with Gasteiger partial charge in [0.15, 0.2) is 5.58 Å². The van der Waals surface area contributed by atoms with Crippen LogP contribution in [0.4, 0.5) is 5.69 Å². The Morgan fingerprint density at radius 2 is 2.04 bits per heavy atom. The zero-order valence-corrected chi connectivity index (χ0v) is 13.5. The van der Waals surface area contributed by atoms with Crippen LogP contribution in [-0.2, 0) is 17.9 Å². The number of fused-ring (bicyclic) bond motifs is 1. The van der Waals surface area contributed by atoms with E-state index in [1.54, 1.807) is 24.3 Å². The number of carbonyl (C=O) groups is 1. The van der Waals surface area contributed by atoms with Crippen molar-refractivity contribution in [1.82, 2.24) is 9.88 Å². The summed E-state index contributed by atoms with van der Waals surface area (Å²) < 4.78 is 6.09. The molecule has 0 aliphatic rings. The number of non-ortho nitro benzene ring substituents is 1. The lowest BCUT2D eigenvalue weighted by Gasteiger charge is -2.07. The van der Waals surface area contributed by atoms with Crippen molar-refractivity contribution in [2.75, 3.05) is 0 Å². The first-order valence-electron chi connectivity index (χ1n) is 7.23. The fourth-order valence-electron chi connectivity index (χ4n) is 2.35. The molecule has 2 aromatic carbocycles. The smallest absolute Gasteiger partial charge is 0.407 e. The van der Waals surface area contributed by atoms with Crippen LogP contribution in [0.3, 0.4) is 0 Å². The van der Waals surface area contributed by atoms with E-state index in [0.717, 1.165) is 16.2 Å². The summed E-state index contributed by atoms with van der Waals surface area (Å²) in [5, 5.41) is 14.0. The molecule has 0 aliphatic heterocycles. The molecule has 9 heteroatoms. The number of rotatable bonds is 5. The number of aromatic nitrogens is 1. The van der Waals surface area contributed by atoms with Gasteiger partial charge >= 0.3 is 5.76 Å². The maximum atomic E-state index is 12.1. The second-order valence-electron chi connectivity index (χ2n) is 5.23. The fourth-order valence-corrected chi connectivity index (χ4v) is 2.56. The number of hydrogen-bond acceptors (Lipinski definition) is 5. The number of nitrogens with zero attached hydrogens (tertiary/aromatic N) is 2. The second kappa shape index (κ2) is 6.78. The largest absolute Gasteiger partial charge is 0.420 e. The van der Waals surface area contributed by atoms with E-state index in [1.807, 2.05) is 0 Å². The minimum atomic E-state index is -0.761. The van der Waals surface area contributed by atoms with Crippen molar-refractivity contribution in [3.05, 3.63) is 73.7 Å². The standard InChI is InChI=1S/C16H12ClN3O5/c17-12-4-2-1-3-10(12)8-18-15(21)9-19-13-6-5-11(20(23)24)7-14(13)25-16(19)22/h1-7H,8-9H2,(H,18,21). The maximum absolute atomic E-state index is 12.1. The molecule has 1 amide bonds. The number of carbonyl (C=O) groups excluding carboxylic acids is 1. The number of benzene rings is 2. The molecule has 0 saturated carbocycles. The minimum Gasteiger partial charge on any atom is -0.407 e. The Morgan fingerprint density at radius 3 is 2.76 bits per heavy atom. The Kier molecular flexibility index (Phi) is 4.53. The van der Waals surface area contributed by atoms with Crippen LogP contribution < -0.4 is 11.1 Å². The van der Waals surface area contributed by atoms with Crippen molar-refractivity contribution < 1.29 is 14.1 Å². The lowest BCUT2D eigenvalue weighted by Crippen LogP contribution is -2.30. The average molecular weight is 362 g/mol. The van der Waals surface area contributed by atoms with Gasteiger partial charge in [0.2, 0.25) is 5.91 Å². The minimum absolute atomic E-state index is 0.0538. The number of nitro benzene ring substituents is 1. The highest BCUT2D eigenvalue weighted by Gasteiger charge is 2.16. The normalized spacial score (nSPS) is 10.8. The third-order valence-electron chi connectivity index (χ3n) is 3.60. The molecule has 0 saturated heterocycles. The average Bonchev–Trinajstić information content (AvgIpc) is 2.89. The lowest BCUT2D eigenvalue weighted by molar-refractivity contribution is -0.384. The molecule has 3 aromatic rings. The van der Waals surface area contributed by atoms with Crippen LogP contribution in [0.15, 0.2) is 51.7 Å². The first-order chi connectivity index (χ1) is 12.0. The Labute approximate surface area is 145 Å². The molecule has 128 valence electrons. The number of hydrogen-bond donors (Lipinski definition) is 1. The van der Waals surface area contributed by atoms with Crippen LogP contribution in [0.1, 0.15) is 5.56 Å². The monoisotopic (exact) mass is 361 g/mol. The van der Waals surface area contributed by atoms with E-state index in [2.05, 4.69) is 5.32 Å². The molecule has 0 unspecified atom stereocenters. The van der Waals surface area contributed by atoms with Gasteiger partial charge in [0, 0.05) is 17.6 Å². The van der Waals surface area contributed by atoms with E-state index < -0.39 is 16.6 Å². The molecular weight excluding hydrogens is 350 g/mol. The number of nitrogens with one attached hydrogen (secondary N) is 1. The third-order valence-corrected chi connectivity index (χ3v) is 3.97. The number of oxazole rings is 1. The highest BCUT2D eigenvalue weighted by atomic mass is 35.5. The van der Waals surface area contributed by atoms with Crippen LogP contribution in [0, 0.1) is 10.1 Å². The Morgan fingerprint density at radius 1 is 1.28 bits per heavy atom. The Bertz CT molecular complexity index is 1020. The Hall–Kier alpha value is -3.13. The van der Waals surface area contributed by atoms with Gasteiger partial charge in [-0.15, -0.1) is 0 Å². The van der Waals surface area contributed by atoms with Crippen LogP contribution in [0.25, 0.3) is 11.1 Å². The molecule has 0 bridgehead atoms. The van der Waals surface area contributed by atoms with E-state index in [9.17, 15) is 19.7 Å². The van der Waals surface area contributed by atoms with Gasteiger partial charge in [-0.3, -0.25) is 19.5 Å². The molecular formula is C16H12ClN3O5. The number of amides is 1. The van der Waals surface area contributed by atoms with Crippen molar-refractivity contribution in [2.24, 2.45) is 0 Å². The zero-order chi connectivity index (χ0) is 18.0. The molecule has 1 aromatic heterocycles. The summed E-state index contributed by atoms with van der Waals surface area (Å²) >= 11 is 6.02. The SMILES string of the molecule is O=C(Cn1c(=O)oc2cc([N+](=O)[O-])ccc21)NCc1ccccc1Cl. The van der Waals surface area contributed by atoms with Crippen molar-refractivity contribution in [2.45, 2.75) is 13.1 Å². The summed E-state index contributed by atoms with van der Waals surface area (Å²) in [4.78, 5) is 34.2. The van der Waals surface area contributed by atoms with Gasteiger partial charge in [-0.05, 0) is 17.7 Å². The van der Waals surface area contributed by atoms with Gasteiger partial charge in [-0.1, -0.05) is 29.8 Å².